The Morgan fingerprint density at radius 3 is 2.64 bits per heavy atom. The number of likely N-dealkylation sites (tertiary alicyclic amines) is 1. The fraction of sp³-hybridized carbons (Fsp3) is 0.857. The maximum absolute atomic E-state index is 12.0. The van der Waals surface area contributed by atoms with Crippen molar-refractivity contribution in [1.29, 1.82) is 0 Å². The van der Waals surface area contributed by atoms with Crippen LogP contribution < -0.4 is 0 Å². The van der Waals surface area contributed by atoms with Crippen LogP contribution in [0.15, 0.2) is 0 Å². The van der Waals surface area contributed by atoms with Crippen LogP contribution in [0.1, 0.15) is 13.3 Å². The molecule has 0 aromatic heterocycles. The lowest BCUT2D eigenvalue weighted by Crippen LogP contribution is -2.25. The van der Waals surface area contributed by atoms with E-state index < -0.39 is 12.3 Å². The van der Waals surface area contributed by atoms with Crippen molar-refractivity contribution in [3.05, 3.63) is 0 Å². The van der Waals surface area contributed by atoms with Gasteiger partial charge < -0.3 is 4.90 Å². The Morgan fingerprint density at radius 2 is 2.36 bits per heavy atom. The summed E-state index contributed by atoms with van der Waals surface area (Å²) in [6.07, 6.45) is -2.33. The van der Waals surface area contributed by atoms with Gasteiger partial charge in [-0.15, -0.1) is 0 Å². The molecule has 1 rings (SSSR count). The molecule has 1 aliphatic rings. The van der Waals surface area contributed by atoms with Crippen molar-refractivity contribution in [3.63, 3.8) is 0 Å². The van der Waals surface area contributed by atoms with Crippen LogP contribution in [0.25, 0.3) is 0 Å². The van der Waals surface area contributed by atoms with Gasteiger partial charge in [0.25, 0.3) is 0 Å². The zero-order chi connectivity index (χ0) is 8.43. The van der Waals surface area contributed by atoms with E-state index in [0.717, 1.165) is 0 Å². The number of carbonyl (C=O) groups is 1. The first-order valence-corrected chi connectivity index (χ1v) is 3.71. The van der Waals surface area contributed by atoms with E-state index >= 15 is 0 Å². The molecule has 1 atom stereocenters. The van der Waals surface area contributed by atoms with Crippen molar-refractivity contribution in [2.45, 2.75) is 19.8 Å². The van der Waals surface area contributed by atoms with Crippen molar-refractivity contribution in [1.82, 2.24) is 4.90 Å². The molecule has 2 nitrogen and oxygen atoms in total. The summed E-state index contributed by atoms with van der Waals surface area (Å²) in [5.74, 6) is -0.875. The third kappa shape index (κ3) is 1.67. The first-order chi connectivity index (χ1) is 5.15. The molecule has 0 aliphatic carbocycles. The van der Waals surface area contributed by atoms with Crippen molar-refractivity contribution in [3.8, 4) is 0 Å². The van der Waals surface area contributed by atoms with Crippen molar-refractivity contribution >= 4 is 5.91 Å². The van der Waals surface area contributed by atoms with E-state index in [4.69, 9.17) is 0 Å². The summed E-state index contributed by atoms with van der Waals surface area (Å²) in [7, 11) is 0. The second kappa shape index (κ2) is 3.15. The molecule has 0 bridgehead atoms. The van der Waals surface area contributed by atoms with Gasteiger partial charge in [0.15, 0.2) is 0 Å². The summed E-state index contributed by atoms with van der Waals surface area (Å²) in [6, 6.07) is 0. The molecule has 1 aliphatic heterocycles. The third-order valence-electron chi connectivity index (χ3n) is 1.98. The maximum atomic E-state index is 12.0. The number of hydrogen-bond acceptors (Lipinski definition) is 1. The van der Waals surface area contributed by atoms with Crippen molar-refractivity contribution in [2.75, 3.05) is 13.1 Å². The van der Waals surface area contributed by atoms with E-state index in [0.29, 0.717) is 6.54 Å². The smallest absolute Gasteiger partial charge is 0.243 e. The third-order valence-corrected chi connectivity index (χ3v) is 1.98. The molecule has 1 fully saturated rings. The van der Waals surface area contributed by atoms with Crippen molar-refractivity contribution in [2.24, 2.45) is 5.92 Å². The molecule has 1 saturated heterocycles. The Labute approximate surface area is 64.2 Å². The first-order valence-electron chi connectivity index (χ1n) is 3.71. The Bertz CT molecular complexity index is 161. The molecule has 1 unspecified atom stereocenters. The lowest BCUT2D eigenvalue weighted by molar-refractivity contribution is -0.127. The molecule has 64 valence electrons. The lowest BCUT2D eigenvalue weighted by Gasteiger charge is -2.12. The molecule has 0 aromatic carbocycles. The average Bonchev–Trinajstić information content (AvgIpc) is 2.31. The van der Waals surface area contributed by atoms with Crippen LogP contribution in [0.3, 0.4) is 0 Å². The van der Waals surface area contributed by atoms with Crippen LogP contribution in [-0.2, 0) is 4.79 Å². The normalized spacial score (nSPS) is 25.3. The minimum atomic E-state index is -2.35. The standard InChI is InChI=1S/C7H11F2NO/c1-2-10-4-5(7(8)9)3-6(10)11/h5,7H,2-4H2,1H3. The van der Waals surface area contributed by atoms with E-state index in [2.05, 4.69) is 0 Å². The van der Waals surface area contributed by atoms with Gasteiger partial charge in [0.2, 0.25) is 12.3 Å². The van der Waals surface area contributed by atoms with E-state index in [1.165, 1.54) is 4.90 Å². The van der Waals surface area contributed by atoms with Crippen LogP contribution in [0.5, 0.6) is 0 Å². The molecule has 0 radical (unpaired) electrons. The van der Waals surface area contributed by atoms with E-state index in [9.17, 15) is 13.6 Å². The van der Waals surface area contributed by atoms with Gasteiger partial charge in [-0.1, -0.05) is 0 Å². The number of nitrogens with zero attached hydrogens (tertiary/aromatic N) is 1. The monoisotopic (exact) mass is 163 g/mol. The van der Waals surface area contributed by atoms with Gasteiger partial charge in [-0.2, -0.15) is 0 Å². The molecule has 0 saturated carbocycles. The largest absolute Gasteiger partial charge is 0.342 e. The summed E-state index contributed by atoms with van der Waals surface area (Å²) >= 11 is 0. The SMILES string of the molecule is CCN1CC(C(F)F)CC1=O. The fourth-order valence-electron chi connectivity index (χ4n) is 1.28. The first kappa shape index (κ1) is 8.43. The Balaban J connectivity index is 2.49. The van der Waals surface area contributed by atoms with E-state index in [1.807, 2.05) is 0 Å². The van der Waals surface area contributed by atoms with Crippen LogP contribution in [0, 0.1) is 5.92 Å². The number of halogens is 2. The molecular formula is C7H11F2NO. The van der Waals surface area contributed by atoms with E-state index in [-0.39, 0.29) is 18.9 Å². The molecule has 0 N–H and O–H groups in total. The summed E-state index contributed by atoms with van der Waals surface area (Å²) in [5, 5.41) is 0. The van der Waals surface area contributed by atoms with Gasteiger partial charge in [-0.05, 0) is 6.92 Å². The molecule has 0 spiro atoms. The maximum Gasteiger partial charge on any atom is 0.243 e. The van der Waals surface area contributed by atoms with Crippen molar-refractivity contribution < 1.29 is 13.6 Å². The lowest BCUT2D eigenvalue weighted by atomic mass is 10.1. The molecule has 4 heteroatoms. The van der Waals surface area contributed by atoms with Gasteiger partial charge in [0.1, 0.15) is 0 Å². The highest BCUT2D eigenvalue weighted by Crippen LogP contribution is 2.23. The van der Waals surface area contributed by atoms with Gasteiger partial charge in [0.05, 0.1) is 0 Å². The van der Waals surface area contributed by atoms with Crippen LogP contribution in [-0.4, -0.2) is 30.3 Å². The van der Waals surface area contributed by atoms with Crippen LogP contribution in [0.4, 0.5) is 8.78 Å². The zero-order valence-electron chi connectivity index (χ0n) is 6.39. The number of rotatable bonds is 2. The predicted octanol–water partition coefficient (Wildman–Crippen LogP) is 1.12. The van der Waals surface area contributed by atoms with Crippen LogP contribution >= 0.6 is 0 Å². The summed E-state index contributed by atoms with van der Waals surface area (Å²) < 4.78 is 24.1. The van der Waals surface area contributed by atoms with Gasteiger partial charge in [-0.3, -0.25) is 4.79 Å². The second-order valence-electron chi connectivity index (χ2n) is 2.73. The highest BCUT2D eigenvalue weighted by Gasteiger charge is 2.34. The quantitative estimate of drug-likeness (QED) is 0.597. The number of carbonyl (C=O) groups excluding carboxylic acids is 1. The van der Waals surface area contributed by atoms with Gasteiger partial charge in [-0.25, -0.2) is 8.78 Å². The molecule has 1 heterocycles. The minimum Gasteiger partial charge on any atom is -0.342 e. The minimum absolute atomic E-state index is 0.0194. The average molecular weight is 163 g/mol. The molecule has 1 amide bonds. The Kier molecular flexibility index (Phi) is 2.42. The Hall–Kier alpha value is -0.670. The van der Waals surface area contributed by atoms with Gasteiger partial charge >= 0.3 is 0 Å². The van der Waals surface area contributed by atoms with E-state index in [1.54, 1.807) is 6.92 Å². The Morgan fingerprint density at radius 1 is 1.73 bits per heavy atom. The number of alkyl halides is 2. The fourth-order valence-corrected chi connectivity index (χ4v) is 1.28. The summed E-state index contributed by atoms with van der Waals surface area (Å²) in [6.45, 7) is 2.57. The predicted molar refractivity (Wildman–Crippen MR) is 36.4 cm³/mol. The molecular weight excluding hydrogens is 152 g/mol. The van der Waals surface area contributed by atoms with Gasteiger partial charge in [0, 0.05) is 25.4 Å². The highest BCUT2D eigenvalue weighted by molar-refractivity contribution is 5.78. The summed E-state index contributed by atoms with van der Waals surface area (Å²) in [5.41, 5.74) is 0. The number of hydrogen-bond donors (Lipinski definition) is 0. The molecule has 11 heavy (non-hydrogen) atoms. The number of amides is 1. The van der Waals surface area contributed by atoms with Crippen LogP contribution in [0.2, 0.25) is 0 Å². The highest BCUT2D eigenvalue weighted by atomic mass is 19.3. The second-order valence-corrected chi connectivity index (χ2v) is 2.73. The molecule has 0 aromatic rings. The zero-order valence-corrected chi connectivity index (χ0v) is 6.39. The summed E-state index contributed by atoms with van der Waals surface area (Å²) in [4.78, 5) is 12.4. The topological polar surface area (TPSA) is 20.3 Å².